The Kier molecular flexibility index (Phi) is 5.71. The van der Waals surface area contributed by atoms with Crippen LogP contribution in [0.1, 0.15) is 17.4 Å². The van der Waals surface area contributed by atoms with E-state index in [-0.39, 0.29) is 0 Å². The molecule has 0 bridgehead atoms. The first-order valence-corrected chi connectivity index (χ1v) is 7.78. The van der Waals surface area contributed by atoms with Crippen molar-refractivity contribution in [3.05, 3.63) is 23.9 Å². The minimum absolute atomic E-state index is 0.311. The lowest BCUT2D eigenvalue weighted by Gasteiger charge is -2.14. The summed E-state index contributed by atoms with van der Waals surface area (Å²) in [6, 6.07) is 4.20. The third kappa shape index (κ3) is 3.88. The molecule has 9 nitrogen and oxygen atoms in total. The van der Waals surface area contributed by atoms with E-state index < -0.39 is 30.4 Å². The Balaban J connectivity index is 2.26. The Morgan fingerprint density at radius 2 is 1.88 bits per heavy atom. The average molecular weight is 362 g/mol. The smallest absolute Gasteiger partial charge is 0.268 e. The molecule has 0 spiro atoms. The van der Waals surface area contributed by atoms with Gasteiger partial charge in [-0.05, 0) is 13.0 Å². The van der Waals surface area contributed by atoms with E-state index in [2.05, 4.69) is 10.6 Å². The van der Waals surface area contributed by atoms with Crippen molar-refractivity contribution >= 4 is 28.7 Å². The summed E-state index contributed by atoms with van der Waals surface area (Å²) in [5.74, 6) is -1.39. The van der Waals surface area contributed by atoms with Gasteiger partial charge in [-0.1, -0.05) is 0 Å². The van der Waals surface area contributed by atoms with Gasteiger partial charge in [0.2, 0.25) is 5.91 Å². The number of ether oxygens (including phenoxy) is 2. The molecule has 0 saturated carbocycles. The van der Waals surface area contributed by atoms with Crippen LogP contribution in [0.15, 0.2) is 18.2 Å². The van der Waals surface area contributed by atoms with Crippen LogP contribution in [-0.2, 0) is 16.6 Å². The van der Waals surface area contributed by atoms with E-state index in [0.29, 0.717) is 17.2 Å². The Morgan fingerprint density at radius 1 is 1.19 bits per heavy atom. The van der Waals surface area contributed by atoms with Crippen molar-refractivity contribution in [1.29, 1.82) is 0 Å². The number of carboxylic acids is 1. The van der Waals surface area contributed by atoms with Gasteiger partial charge in [0, 0.05) is 24.6 Å². The van der Waals surface area contributed by atoms with Gasteiger partial charge in [-0.2, -0.15) is 0 Å². The molecule has 2 rings (SSSR count). The molecular formula is C17H20N3O6-. The number of nitrogens with one attached hydrogen (secondary N) is 2. The number of hydrogen-bond donors (Lipinski definition) is 2. The third-order valence-corrected chi connectivity index (χ3v) is 3.93. The van der Waals surface area contributed by atoms with Crippen LogP contribution in [-0.4, -0.2) is 49.2 Å². The number of aryl methyl sites for hydroxylation is 1. The summed E-state index contributed by atoms with van der Waals surface area (Å²) in [5.41, 5.74) is 1.03. The van der Waals surface area contributed by atoms with Gasteiger partial charge in [0.25, 0.3) is 5.91 Å². The molecule has 2 aromatic rings. The Morgan fingerprint density at radius 3 is 2.46 bits per heavy atom. The topological polar surface area (TPSA) is 122 Å². The molecule has 0 saturated heterocycles. The van der Waals surface area contributed by atoms with E-state index in [9.17, 15) is 19.5 Å². The van der Waals surface area contributed by atoms with Crippen LogP contribution < -0.4 is 25.2 Å². The van der Waals surface area contributed by atoms with Crippen LogP contribution in [0.3, 0.4) is 0 Å². The maximum absolute atomic E-state index is 12.5. The number of rotatable bonds is 7. The Labute approximate surface area is 149 Å². The number of hydrogen-bond acceptors (Lipinski definition) is 6. The minimum Gasteiger partial charge on any atom is -0.548 e. The standard InChI is InChI=1S/C17H21N3O6/c1-9(16(23)18-8-15(21)22)19-17(24)13-7-11-12(20(13)2)5-10(25-3)6-14(11)26-4/h5-7,9H,8H2,1-4H3,(H,18,23)(H,19,24)(H,21,22)/p-1/t9-/m0/s1. The van der Waals surface area contributed by atoms with Crippen molar-refractivity contribution in [2.24, 2.45) is 7.05 Å². The fourth-order valence-corrected chi connectivity index (χ4v) is 2.53. The third-order valence-electron chi connectivity index (χ3n) is 3.93. The predicted molar refractivity (Wildman–Crippen MR) is 91.0 cm³/mol. The number of nitrogens with zero attached hydrogens (tertiary/aromatic N) is 1. The average Bonchev–Trinajstić information content (AvgIpc) is 2.95. The lowest BCUT2D eigenvalue weighted by molar-refractivity contribution is -0.304. The summed E-state index contributed by atoms with van der Waals surface area (Å²) >= 11 is 0. The lowest BCUT2D eigenvalue weighted by atomic mass is 10.2. The van der Waals surface area contributed by atoms with Gasteiger partial charge < -0.3 is 34.6 Å². The van der Waals surface area contributed by atoms with E-state index in [0.717, 1.165) is 10.9 Å². The molecule has 0 aliphatic carbocycles. The second kappa shape index (κ2) is 7.77. The second-order valence-electron chi connectivity index (χ2n) is 5.64. The summed E-state index contributed by atoms with van der Waals surface area (Å²) in [7, 11) is 4.76. The molecule has 0 radical (unpaired) electrons. The molecule has 2 amide bonds. The number of aliphatic carboxylic acids is 1. The highest BCUT2D eigenvalue weighted by molar-refractivity contribution is 6.02. The Hall–Kier alpha value is -3.23. The van der Waals surface area contributed by atoms with Gasteiger partial charge >= 0.3 is 0 Å². The number of carbonyl (C=O) groups is 3. The fourth-order valence-electron chi connectivity index (χ4n) is 2.53. The maximum Gasteiger partial charge on any atom is 0.268 e. The number of fused-ring (bicyclic) bond motifs is 1. The van der Waals surface area contributed by atoms with Crippen LogP contribution in [0.25, 0.3) is 10.9 Å². The molecule has 9 heteroatoms. The first kappa shape index (κ1) is 19.1. The van der Waals surface area contributed by atoms with Gasteiger partial charge in [0.1, 0.15) is 23.2 Å². The highest BCUT2D eigenvalue weighted by atomic mass is 16.5. The molecule has 0 aliphatic rings. The zero-order valence-electron chi connectivity index (χ0n) is 14.9. The molecule has 1 atom stereocenters. The van der Waals surface area contributed by atoms with Gasteiger partial charge in [0.05, 0.1) is 32.3 Å². The highest BCUT2D eigenvalue weighted by Gasteiger charge is 2.21. The van der Waals surface area contributed by atoms with E-state index in [1.54, 1.807) is 29.8 Å². The van der Waals surface area contributed by atoms with Gasteiger partial charge in [-0.3, -0.25) is 9.59 Å². The van der Waals surface area contributed by atoms with Crippen LogP contribution in [0.2, 0.25) is 0 Å². The normalized spacial score (nSPS) is 11.7. The van der Waals surface area contributed by atoms with Crippen LogP contribution in [0, 0.1) is 0 Å². The maximum atomic E-state index is 12.5. The van der Waals surface area contributed by atoms with Crippen molar-refractivity contribution < 1.29 is 29.0 Å². The molecule has 1 aromatic carbocycles. The van der Waals surface area contributed by atoms with Crippen LogP contribution >= 0.6 is 0 Å². The number of methoxy groups -OCH3 is 2. The molecule has 1 heterocycles. The van der Waals surface area contributed by atoms with E-state index in [4.69, 9.17) is 9.47 Å². The first-order valence-electron chi connectivity index (χ1n) is 7.78. The molecular weight excluding hydrogens is 342 g/mol. The van der Waals surface area contributed by atoms with Crippen molar-refractivity contribution in [2.75, 3.05) is 20.8 Å². The van der Waals surface area contributed by atoms with Gasteiger partial charge in [-0.15, -0.1) is 0 Å². The molecule has 26 heavy (non-hydrogen) atoms. The van der Waals surface area contributed by atoms with E-state index >= 15 is 0 Å². The largest absolute Gasteiger partial charge is 0.548 e. The summed E-state index contributed by atoms with van der Waals surface area (Å²) in [6.45, 7) is 0.832. The van der Waals surface area contributed by atoms with Crippen molar-refractivity contribution in [1.82, 2.24) is 15.2 Å². The van der Waals surface area contributed by atoms with E-state index in [1.165, 1.54) is 21.1 Å². The number of benzene rings is 1. The summed E-state index contributed by atoms with van der Waals surface area (Å²) in [5, 5.41) is 15.8. The quantitative estimate of drug-likeness (QED) is 0.664. The molecule has 2 N–H and O–H groups in total. The molecule has 0 fully saturated rings. The van der Waals surface area contributed by atoms with Gasteiger partial charge in [0.15, 0.2) is 0 Å². The zero-order chi connectivity index (χ0) is 19.4. The van der Waals surface area contributed by atoms with Crippen molar-refractivity contribution in [3.8, 4) is 11.5 Å². The monoisotopic (exact) mass is 362 g/mol. The predicted octanol–water partition coefficient (Wildman–Crippen LogP) is -0.820. The number of carbonyl (C=O) groups excluding carboxylic acids is 3. The number of aromatic nitrogens is 1. The number of carboxylic acid groups (broad SMARTS) is 1. The van der Waals surface area contributed by atoms with E-state index in [1.807, 2.05) is 0 Å². The van der Waals surface area contributed by atoms with Crippen LogP contribution in [0.5, 0.6) is 11.5 Å². The van der Waals surface area contributed by atoms with Crippen molar-refractivity contribution in [2.45, 2.75) is 13.0 Å². The summed E-state index contributed by atoms with van der Waals surface area (Å²) in [6.07, 6.45) is 0. The molecule has 0 unspecified atom stereocenters. The molecule has 0 aliphatic heterocycles. The molecule has 140 valence electrons. The summed E-state index contributed by atoms with van der Waals surface area (Å²) in [4.78, 5) is 34.7. The minimum atomic E-state index is -1.41. The fraction of sp³-hybridized carbons (Fsp3) is 0.353. The summed E-state index contributed by atoms with van der Waals surface area (Å²) < 4.78 is 12.2. The van der Waals surface area contributed by atoms with Gasteiger partial charge in [-0.25, -0.2) is 0 Å². The SMILES string of the molecule is COc1cc(OC)c2cc(C(=O)N[C@@H](C)C(=O)NCC(=O)[O-])n(C)c2c1. The molecule has 1 aromatic heterocycles. The Bertz CT molecular complexity index is 858. The number of amides is 2. The lowest BCUT2D eigenvalue weighted by Crippen LogP contribution is -2.48. The first-order chi connectivity index (χ1) is 12.3. The highest BCUT2D eigenvalue weighted by Crippen LogP contribution is 2.33. The van der Waals surface area contributed by atoms with Crippen LogP contribution in [0.4, 0.5) is 0 Å². The van der Waals surface area contributed by atoms with Crippen molar-refractivity contribution in [3.63, 3.8) is 0 Å². The zero-order valence-corrected chi connectivity index (χ0v) is 14.9. The second-order valence-corrected chi connectivity index (χ2v) is 5.64.